The van der Waals surface area contributed by atoms with Crippen molar-refractivity contribution in [3.05, 3.63) is 29.8 Å². The van der Waals surface area contributed by atoms with Crippen LogP contribution in [0.5, 0.6) is 0 Å². The van der Waals surface area contributed by atoms with Gasteiger partial charge in [-0.1, -0.05) is 28.1 Å². The van der Waals surface area contributed by atoms with Crippen LogP contribution in [0.15, 0.2) is 29.2 Å². The molecule has 0 saturated carbocycles. The number of carbonyl (C=O) groups excluding carboxylic acids is 1. The second-order valence-corrected chi connectivity index (χ2v) is 6.60. The molecule has 19 heavy (non-hydrogen) atoms. The van der Waals surface area contributed by atoms with E-state index in [4.69, 9.17) is 4.74 Å². The fourth-order valence-corrected chi connectivity index (χ4v) is 3.56. The summed E-state index contributed by atoms with van der Waals surface area (Å²) in [5.41, 5.74) is 0.498. The van der Waals surface area contributed by atoms with Crippen molar-refractivity contribution < 1.29 is 17.9 Å². The molecule has 0 bridgehead atoms. The lowest BCUT2D eigenvalue weighted by Gasteiger charge is -2.26. The van der Waals surface area contributed by atoms with Gasteiger partial charge in [0.25, 0.3) is 0 Å². The van der Waals surface area contributed by atoms with Crippen molar-refractivity contribution in [2.75, 3.05) is 31.6 Å². The Bertz CT molecular complexity index is 550. The van der Waals surface area contributed by atoms with Crippen molar-refractivity contribution >= 4 is 31.7 Å². The Balaban J connectivity index is 2.23. The summed E-state index contributed by atoms with van der Waals surface area (Å²) in [7, 11) is -3.48. The summed E-state index contributed by atoms with van der Waals surface area (Å²) in [4.78, 5) is 11.7. The fraction of sp³-hybridized carbons (Fsp3) is 0.417. The first-order valence-electron chi connectivity index (χ1n) is 5.83. The summed E-state index contributed by atoms with van der Waals surface area (Å²) in [6, 6.07) is 6.02. The molecule has 0 aliphatic carbocycles. The minimum Gasteiger partial charge on any atom is -0.379 e. The zero-order valence-corrected chi connectivity index (χ0v) is 12.6. The molecule has 104 valence electrons. The van der Waals surface area contributed by atoms with Gasteiger partial charge in [-0.2, -0.15) is 4.31 Å². The molecule has 0 atom stereocenters. The molecule has 1 aliphatic heterocycles. The van der Waals surface area contributed by atoms with Gasteiger partial charge in [0.15, 0.2) is 5.78 Å². The lowest BCUT2D eigenvalue weighted by Crippen LogP contribution is -2.40. The Labute approximate surface area is 120 Å². The van der Waals surface area contributed by atoms with Gasteiger partial charge in [-0.15, -0.1) is 0 Å². The smallest absolute Gasteiger partial charge is 0.243 e. The van der Waals surface area contributed by atoms with Gasteiger partial charge in [-0.05, 0) is 12.1 Å². The summed E-state index contributed by atoms with van der Waals surface area (Å²) in [6.07, 6.45) is 0. The van der Waals surface area contributed by atoms with Crippen LogP contribution in [0.4, 0.5) is 0 Å². The van der Waals surface area contributed by atoms with Crippen molar-refractivity contribution in [1.29, 1.82) is 0 Å². The third-order valence-electron chi connectivity index (χ3n) is 2.91. The van der Waals surface area contributed by atoms with Gasteiger partial charge in [-0.3, -0.25) is 4.79 Å². The van der Waals surface area contributed by atoms with Crippen LogP contribution < -0.4 is 0 Å². The number of morpholine rings is 1. The second-order valence-electron chi connectivity index (χ2n) is 4.10. The topological polar surface area (TPSA) is 63.7 Å². The van der Waals surface area contributed by atoms with E-state index >= 15 is 0 Å². The Hall–Kier alpha value is -0.760. The van der Waals surface area contributed by atoms with E-state index < -0.39 is 10.0 Å². The van der Waals surface area contributed by atoms with Crippen LogP contribution in [-0.4, -0.2) is 50.1 Å². The number of hydrogen-bond acceptors (Lipinski definition) is 4. The third-order valence-corrected chi connectivity index (χ3v) is 5.33. The average Bonchev–Trinajstić information content (AvgIpc) is 2.47. The molecular formula is C12H14BrNO4S. The second kappa shape index (κ2) is 6.13. The van der Waals surface area contributed by atoms with E-state index in [0.717, 1.165) is 0 Å². The van der Waals surface area contributed by atoms with E-state index in [1.165, 1.54) is 28.6 Å². The van der Waals surface area contributed by atoms with Gasteiger partial charge in [0.1, 0.15) is 0 Å². The van der Waals surface area contributed by atoms with Crippen LogP contribution in [-0.2, 0) is 14.8 Å². The first kappa shape index (κ1) is 14.6. The number of Topliss-reactive ketones (excluding diaryl/α,β-unsaturated/α-hetero) is 1. The van der Waals surface area contributed by atoms with Crippen LogP contribution in [0.2, 0.25) is 0 Å². The van der Waals surface area contributed by atoms with Crippen molar-refractivity contribution in [3.8, 4) is 0 Å². The Morgan fingerprint density at radius 2 is 1.79 bits per heavy atom. The number of rotatable bonds is 4. The number of ether oxygens (including phenoxy) is 1. The predicted octanol–water partition coefficient (Wildman–Crippen LogP) is 1.29. The minimum absolute atomic E-state index is 0.0738. The fourth-order valence-electron chi connectivity index (χ4n) is 1.83. The predicted molar refractivity (Wildman–Crippen MR) is 74.1 cm³/mol. The number of nitrogens with zero attached hydrogens (tertiary/aromatic N) is 1. The first-order chi connectivity index (χ1) is 9.05. The average molecular weight is 348 g/mol. The third kappa shape index (κ3) is 3.22. The molecule has 0 radical (unpaired) electrons. The van der Waals surface area contributed by atoms with E-state index in [0.29, 0.717) is 31.9 Å². The van der Waals surface area contributed by atoms with Crippen LogP contribution >= 0.6 is 15.9 Å². The molecule has 2 rings (SSSR count). The molecule has 0 N–H and O–H groups in total. The van der Waals surface area contributed by atoms with E-state index in [2.05, 4.69) is 15.9 Å². The van der Waals surface area contributed by atoms with Crippen LogP contribution in [0.1, 0.15) is 10.4 Å². The molecule has 0 amide bonds. The summed E-state index contributed by atoms with van der Waals surface area (Å²) in [5.74, 6) is -0.0738. The highest BCUT2D eigenvalue weighted by Gasteiger charge is 2.26. The lowest BCUT2D eigenvalue weighted by atomic mass is 10.2. The van der Waals surface area contributed by atoms with Crippen molar-refractivity contribution in [3.63, 3.8) is 0 Å². The molecule has 0 aromatic heterocycles. The minimum atomic E-state index is -3.48. The molecule has 0 unspecified atom stereocenters. The molecule has 1 aromatic rings. The summed E-state index contributed by atoms with van der Waals surface area (Å²) in [6.45, 7) is 1.56. The molecule has 5 nitrogen and oxygen atoms in total. The number of benzene rings is 1. The van der Waals surface area contributed by atoms with Crippen LogP contribution in [0.3, 0.4) is 0 Å². The molecule has 0 spiro atoms. The van der Waals surface area contributed by atoms with Gasteiger partial charge in [0.05, 0.1) is 23.4 Å². The van der Waals surface area contributed by atoms with E-state index in [9.17, 15) is 13.2 Å². The van der Waals surface area contributed by atoms with Gasteiger partial charge in [0, 0.05) is 18.7 Å². The summed E-state index contributed by atoms with van der Waals surface area (Å²) < 4.78 is 31.2. The standard InChI is InChI=1S/C12H14BrNO4S/c13-9-12(15)10-1-3-11(4-2-10)19(16,17)14-5-7-18-8-6-14/h1-4H,5-9H2. The van der Waals surface area contributed by atoms with E-state index in [1.807, 2.05) is 0 Å². The number of carbonyl (C=O) groups is 1. The normalized spacial score (nSPS) is 17.3. The number of alkyl halides is 1. The van der Waals surface area contributed by atoms with Gasteiger partial charge in [-0.25, -0.2) is 8.42 Å². The quantitative estimate of drug-likeness (QED) is 0.608. The highest BCUT2D eigenvalue weighted by molar-refractivity contribution is 9.09. The SMILES string of the molecule is O=C(CBr)c1ccc(S(=O)(=O)N2CCOCC2)cc1. The Morgan fingerprint density at radius 3 is 2.32 bits per heavy atom. The number of hydrogen-bond donors (Lipinski definition) is 0. The number of halogens is 1. The van der Waals surface area contributed by atoms with Gasteiger partial charge in [0.2, 0.25) is 10.0 Å². The monoisotopic (exact) mass is 347 g/mol. The number of sulfonamides is 1. The van der Waals surface area contributed by atoms with Gasteiger partial charge >= 0.3 is 0 Å². The first-order valence-corrected chi connectivity index (χ1v) is 8.39. The van der Waals surface area contributed by atoms with E-state index in [1.54, 1.807) is 0 Å². The Kier molecular flexibility index (Phi) is 4.72. The Morgan fingerprint density at radius 1 is 1.21 bits per heavy atom. The summed E-state index contributed by atoms with van der Waals surface area (Å²) in [5, 5.41) is 0.225. The maximum Gasteiger partial charge on any atom is 0.243 e. The van der Waals surface area contributed by atoms with Gasteiger partial charge < -0.3 is 4.74 Å². The molecular weight excluding hydrogens is 334 g/mol. The lowest BCUT2D eigenvalue weighted by molar-refractivity contribution is 0.0730. The zero-order valence-electron chi connectivity index (χ0n) is 10.2. The molecule has 1 heterocycles. The van der Waals surface area contributed by atoms with Crippen molar-refractivity contribution in [2.45, 2.75) is 4.90 Å². The van der Waals surface area contributed by atoms with Crippen molar-refractivity contribution in [2.24, 2.45) is 0 Å². The van der Waals surface area contributed by atoms with E-state index in [-0.39, 0.29) is 16.0 Å². The molecule has 1 aromatic carbocycles. The molecule has 1 saturated heterocycles. The van der Waals surface area contributed by atoms with Crippen LogP contribution in [0.25, 0.3) is 0 Å². The maximum absolute atomic E-state index is 12.3. The highest BCUT2D eigenvalue weighted by Crippen LogP contribution is 2.18. The highest BCUT2D eigenvalue weighted by atomic mass is 79.9. The summed E-state index contributed by atoms with van der Waals surface area (Å²) >= 11 is 3.08. The maximum atomic E-state index is 12.3. The zero-order chi connectivity index (χ0) is 13.9. The molecule has 7 heteroatoms. The number of ketones is 1. The molecule has 1 fully saturated rings. The molecule has 1 aliphatic rings. The largest absolute Gasteiger partial charge is 0.379 e. The van der Waals surface area contributed by atoms with Crippen molar-refractivity contribution in [1.82, 2.24) is 4.31 Å². The van der Waals surface area contributed by atoms with Crippen LogP contribution in [0, 0.1) is 0 Å².